The third-order valence-corrected chi connectivity index (χ3v) is 14.4. The highest BCUT2D eigenvalue weighted by Gasteiger charge is 2.42. The number of nitrogens with zero attached hydrogens (tertiary/aromatic N) is 5. The van der Waals surface area contributed by atoms with Crippen molar-refractivity contribution >= 4 is 52.3 Å². The fraction of sp³-hybridized carbons (Fsp3) is 0.423. The van der Waals surface area contributed by atoms with Crippen molar-refractivity contribution in [1.29, 1.82) is 0 Å². The number of nitrogens with one attached hydrogen (secondary N) is 4. The van der Waals surface area contributed by atoms with Crippen molar-refractivity contribution < 1.29 is 59.0 Å². The number of carboxylic acids is 1. The third kappa shape index (κ3) is 11.8. The number of anilines is 6. The summed E-state index contributed by atoms with van der Waals surface area (Å²) in [5, 5.41) is 32.8. The molecule has 16 nitrogen and oxygen atoms in total. The van der Waals surface area contributed by atoms with Crippen molar-refractivity contribution in [3.05, 3.63) is 123 Å². The van der Waals surface area contributed by atoms with Crippen LogP contribution in [0.15, 0.2) is 54.6 Å². The van der Waals surface area contributed by atoms with Crippen LogP contribution in [0.3, 0.4) is 0 Å². The smallest absolute Gasteiger partial charge is 0.311 e. The van der Waals surface area contributed by atoms with E-state index in [0.29, 0.717) is 90.3 Å². The molecular weight excluding hydrogens is 1030 g/mol. The van der Waals surface area contributed by atoms with Gasteiger partial charge in [-0.2, -0.15) is 14.9 Å². The first-order chi connectivity index (χ1) is 36.0. The second-order valence-electron chi connectivity index (χ2n) is 19.6. The van der Waals surface area contributed by atoms with Gasteiger partial charge >= 0.3 is 5.97 Å². The van der Waals surface area contributed by atoms with Gasteiger partial charge in [0.25, 0.3) is 29.6 Å². The number of aromatic nitrogens is 6. The van der Waals surface area contributed by atoms with Crippen LogP contribution in [0.1, 0.15) is 124 Å². The maximum absolute atomic E-state index is 13.6. The standard InChI is InChI=1S/2C17H17F3N4O.C10H10FNO2.C7H9F2N3.CH4/c18-9-1-2-13-11(7-9)10(4-6-22-13)16(25)24-14-3-5-17(19,20)8-12(14)15(21)23-24;18-9-1-2-13-11(7-9)10(4-6-22-13)16(25)24-15(21)12-8-17(19,20)5-3-14(12)23-24;11-6-1-2-9-8(5-6)7(10(13)14)3-4-12-9;8-7(9)2-1-5-4(3-7)6(10)12-11-5;/h1-2,7,10,22H,3-6,8H2,(H2,21,23);1-2,7,10,22H,3-6,8,21H2;1-2,5,7,12H,3-4H2,(H,13,14);1-3H2,(H3,10,11,12);1H4. The van der Waals surface area contributed by atoms with Gasteiger partial charge in [0.2, 0.25) is 0 Å². The van der Waals surface area contributed by atoms with Crippen LogP contribution in [0.2, 0.25) is 0 Å². The monoisotopic (exact) mass is 1080 g/mol. The fourth-order valence-electron chi connectivity index (χ4n) is 10.5. The number of fused-ring (bicyclic) bond motifs is 6. The van der Waals surface area contributed by atoms with Crippen LogP contribution in [0.4, 0.5) is 74.0 Å². The van der Waals surface area contributed by atoms with Crippen molar-refractivity contribution in [2.75, 3.05) is 52.8 Å². The number of alkyl halides is 6. The molecule has 0 spiro atoms. The number of carboxylic acid groups (broad SMARTS) is 1. The van der Waals surface area contributed by atoms with E-state index in [2.05, 4.69) is 36.3 Å². The molecule has 25 heteroatoms. The molecule has 0 amide bonds. The molecule has 3 aliphatic heterocycles. The summed E-state index contributed by atoms with van der Waals surface area (Å²) >= 11 is 0. The van der Waals surface area contributed by atoms with Gasteiger partial charge in [-0.1, -0.05) is 7.43 Å². The molecule has 0 radical (unpaired) electrons. The summed E-state index contributed by atoms with van der Waals surface area (Å²) in [5.74, 6) is -12.8. The number of aromatic amines is 1. The number of benzene rings is 3. The van der Waals surface area contributed by atoms with E-state index in [1.165, 1.54) is 36.4 Å². The number of aryl methyl sites for hydroxylation is 2. The third-order valence-electron chi connectivity index (χ3n) is 14.4. The highest BCUT2D eigenvalue weighted by atomic mass is 19.3. The Morgan fingerprint density at radius 3 is 1.53 bits per heavy atom. The second kappa shape index (κ2) is 21.7. The first kappa shape index (κ1) is 55.5. The SMILES string of the molecule is C.Nc1c2c(nn1C(=O)C1CCNc3ccc(F)cc31)CCC(F)(F)C2.Nc1n[nH]c2c1CC(F)(F)CC2.Nc1nn(C(=O)C2CCNc3ccc(F)cc32)c2c1CC(F)(F)CC2.O=C(O)C1CCNc2ccc(F)cc21. The predicted molar refractivity (Wildman–Crippen MR) is 270 cm³/mol. The van der Waals surface area contributed by atoms with Gasteiger partial charge in [-0.05, 0) is 110 Å². The zero-order chi connectivity index (χ0) is 54.4. The lowest BCUT2D eigenvalue weighted by Crippen LogP contribution is -2.31. The van der Waals surface area contributed by atoms with Gasteiger partial charge in [0.05, 0.1) is 29.1 Å². The molecule has 3 aliphatic carbocycles. The number of hydrogen-bond acceptors (Lipinski definition) is 12. The highest BCUT2D eigenvalue weighted by Crippen LogP contribution is 2.41. The average molecular weight is 1090 g/mol. The summed E-state index contributed by atoms with van der Waals surface area (Å²) in [6, 6.07) is 12.7. The average Bonchev–Trinajstić information content (AvgIpc) is 4.05. The predicted octanol–water partition coefficient (Wildman–Crippen LogP) is 9.50. The molecule has 0 bridgehead atoms. The zero-order valence-corrected chi connectivity index (χ0v) is 40.6. The van der Waals surface area contributed by atoms with E-state index in [1.54, 1.807) is 18.2 Å². The lowest BCUT2D eigenvalue weighted by molar-refractivity contribution is -0.139. The van der Waals surface area contributed by atoms with Crippen molar-refractivity contribution in [2.45, 2.75) is 120 Å². The van der Waals surface area contributed by atoms with Crippen LogP contribution < -0.4 is 33.2 Å². The minimum atomic E-state index is -2.83. The molecule has 11 N–H and O–H groups in total. The minimum absolute atomic E-state index is 0. The van der Waals surface area contributed by atoms with Gasteiger partial charge in [-0.3, -0.25) is 19.5 Å². The fourth-order valence-corrected chi connectivity index (χ4v) is 10.5. The number of H-pyrrole nitrogens is 1. The van der Waals surface area contributed by atoms with Gasteiger partial charge < -0.3 is 38.3 Å². The Labute approximate surface area is 435 Å². The quantitative estimate of drug-likeness (QED) is 0.0770. The van der Waals surface area contributed by atoms with Gasteiger partial charge in [0.1, 0.15) is 34.9 Å². The Kier molecular flexibility index (Phi) is 15.7. The second-order valence-corrected chi connectivity index (χ2v) is 19.6. The van der Waals surface area contributed by atoms with E-state index < -0.39 is 77.7 Å². The van der Waals surface area contributed by atoms with Gasteiger partial charge in [-0.25, -0.2) is 44.2 Å². The lowest BCUT2D eigenvalue weighted by atomic mass is 9.89. The Morgan fingerprint density at radius 1 is 0.571 bits per heavy atom. The summed E-state index contributed by atoms with van der Waals surface area (Å²) in [6.07, 6.45) is -0.122. The molecule has 6 aromatic rings. The van der Waals surface area contributed by atoms with E-state index in [0.717, 1.165) is 20.7 Å². The zero-order valence-electron chi connectivity index (χ0n) is 40.6. The largest absolute Gasteiger partial charge is 0.481 e. The van der Waals surface area contributed by atoms with Gasteiger partial charge in [-0.15, -0.1) is 5.10 Å². The Balaban J connectivity index is 0.000000141. The summed E-state index contributed by atoms with van der Waals surface area (Å²) in [4.78, 5) is 36.9. The number of hydrogen-bond donors (Lipinski definition) is 8. The molecule has 3 aromatic carbocycles. The molecular formula is C52H57F9N12O4. The Hall–Kier alpha value is -7.73. The van der Waals surface area contributed by atoms with Crippen LogP contribution in [-0.4, -0.2) is 90.1 Å². The molecule has 412 valence electrons. The van der Waals surface area contributed by atoms with Crippen LogP contribution in [0, 0.1) is 17.5 Å². The summed E-state index contributed by atoms with van der Waals surface area (Å²) in [6.45, 7) is 1.73. The van der Waals surface area contributed by atoms with Gasteiger partial charge in [0.15, 0.2) is 0 Å². The van der Waals surface area contributed by atoms with Gasteiger partial charge in [0, 0.05) is 97.6 Å². The van der Waals surface area contributed by atoms with E-state index in [4.69, 9.17) is 22.3 Å². The topological polar surface area (TPSA) is 250 Å². The molecule has 6 aliphatic rings. The van der Waals surface area contributed by atoms with E-state index in [9.17, 15) is 53.9 Å². The maximum atomic E-state index is 13.6. The highest BCUT2D eigenvalue weighted by molar-refractivity contribution is 5.91. The molecule has 12 rings (SSSR count). The first-order valence-corrected chi connectivity index (χ1v) is 24.6. The van der Waals surface area contributed by atoms with Crippen molar-refractivity contribution in [3.63, 3.8) is 0 Å². The molecule has 3 atom stereocenters. The summed E-state index contributed by atoms with van der Waals surface area (Å²) in [7, 11) is 0. The van der Waals surface area contributed by atoms with Crippen molar-refractivity contribution in [3.8, 4) is 0 Å². The maximum Gasteiger partial charge on any atom is 0.311 e. The van der Waals surface area contributed by atoms with E-state index in [1.807, 2.05) is 0 Å². The minimum Gasteiger partial charge on any atom is -0.481 e. The normalized spacial score (nSPS) is 20.5. The first-order valence-electron chi connectivity index (χ1n) is 24.6. The van der Waals surface area contributed by atoms with E-state index in [-0.39, 0.29) is 80.4 Å². The molecule has 77 heavy (non-hydrogen) atoms. The summed E-state index contributed by atoms with van der Waals surface area (Å²) in [5.41, 5.74) is 23.5. The molecule has 0 saturated heterocycles. The van der Waals surface area contributed by atoms with Crippen LogP contribution in [0.5, 0.6) is 0 Å². The number of nitrogen functional groups attached to an aromatic ring is 3. The Bertz CT molecular complexity index is 3200. The number of aliphatic carboxylic acids is 1. The van der Waals surface area contributed by atoms with E-state index >= 15 is 0 Å². The molecule has 3 aromatic heterocycles. The number of rotatable bonds is 3. The van der Waals surface area contributed by atoms with Crippen LogP contribution >= 0.6 is 0 Å². The lowest BCUT2D eigenvalue weighted by Gasteiger charge is -2.27. The molecule has 3 unspecified atom stereocenters. The number of carbonyl (C=O) groups is 3. The number of nitrogens with two attached hydrogens (primary N) is 3. The Morgan fingerprint density at radius 2 is 1.01 bits per heavy atom. The number of halogens is 9. The van der Waals surface area contributed by atoms with Crippen molar-refractivity contribution in [2.24, 2.45) is 0 Å². The van der Waals surface area contributed by atoms with Crippen LogP contribution in [0.25, 0.3) is 0 Å². The summed E-state index contributed by atoms with van der Waals surface area (Å²) < 4.78 is 123. The molecule has 0 fully saturated rings. The molecule has 6 heterocycles. The van der Waals surface area contributed by atoms with Crippen LogP contribution in [-0.2, 0) is 43.3 Å². The molecule has 0 saturated carbocycles. The van der Waals surface area contributed by atoms with Crippen molar-refractivity contribution in [1.82, 2.24) is 29.8 Å². The number of carbonyl (C=O) groups excluding carboxylic acids is 2.